The Morgan fingerprint density at radius 3 is 2.33 bits per heavy atom. The second-order valence-electron chi connectivity index (χ2n) is 4.05. The zero-order valence-electron chi connectivity index (χ0n) is 11.5. The molecule has 0 radical (unpaired) electrons. The van der Waals surface area contributed by atoms with Gasteiger partial charge in [0.05, 0.1) is 32.2 Å². The predicted octanol–water partition coefficient (Wildman–Crippen LogP) is 0.0720. The SMILES string of the molecule is CCOCCS(=O)(=O)N(CCOCCO)C(C)C. The molecule has 0 unspecified atom stereocenters. The summed E-state index contributed by atoms with van der Waals surface area (Å²) in [6, 6.07) is -0.116. The van der Waals surface area contributed by atoms with Crippen molar-refractivity contribution in [1.82, 2.24) is 4.31 Å². The lowest BCUT2D eigenvalue weighted by Gasteiger charge is -2.25. The summed E-state index contributed by atoms with van der Waals surface area (Å²) in [7, 11) is -3.32. The maximum Gasteiger partial charge on any atom is 0.216 e. The van der Waals surface area contributed by atoms with Gasteiger partial charge in [0.25, 0.3) is 0 Å². The van der Waals surface area contributed by atoms with Gasteiger partial charge in [0.15, 0.2) is 0 Å². The maximum absolute atomic E-state index is 12.1. The van der Waals surface area contributed by atoms with Gasteiger partial charge in [0, 0.05) is 19.2 Å². The number of hydrogen-bond donors (Lipinski definition) is 1. The fraction of sp³-hybridized carbons (Fsp3) is 1.00. The summed E-state index contributed by atoms with van der Waals surface area (Å²) in [5.74, 6) is -0.0149. The average Bonchev–Trinajstić information content (AvgIpc) is 2.28. The van der Waals surface area contributed by atoms with Crippen molar-refractivity contribution >= 4 is 10.0 Å². The van der Waals surface area contributed by atoms with E-state index in [4.69, 9.17) is 14.6 Å². The number of nitrogens with zero attached hydrogens (tertiary/aromatic N) is 1. The van der Waals surface area contributed by atoms with Crippen LogP contribution in [-0.4, -0.2) is 69.2 Å². The molecule has 6 nitrogen and oxygen atoms in total. The Labute approximate surface area is 110 Å². The first kappa shape index (κ1) is 17.8. The Balaban J connectivity index is 4.29. The fourth-order valence-electron chi connectivity index (χ4n) is 1.47. The third-order valence-electron chi connectivity index (χ3n) is 2.31. The molecule has 0 aromatic rings. The molecular formula is C11H25NO5S. The highest BCUT2D eigenvalue weighted by atomic mass is 32.2. The molecular weight excluding hydrogens is 258 g/mol. The van der Waals surface area contributed by atoms with Crippen LogP contribution in [-0.2, 0) is 19.5 Å². The Morgan fingerprint density at radius 2 is 1.83 bits per heavy atom. The Hall–Kier alpha value is -0.210. The number of sulfonamides is 1. The van der Waals surface area contributed by atoms with Crippen LogP contribution in [0.1, 0.15) is 20.8 Å². The van der Waals surface area contributed by atoms with Gasteiger partial charge in [0.1, 0.15) is 0 Å². The molecule has 0 atom stereocenters. The van der Waals surface area contributed by atoms with E-state index in [-0.39, 0.29) is 38.2 Å². The molecule has 0 bridgehead atoms. The van der Waals surface area contributed by atoms with E-state index in [1.165, 1.54) is 4.31 Å². The summed E-state index contributed by atoms with van der Waals surface area (Å²) in [5, 5.41) is 8.57. The summed E-state index contributed by atoms with van der Waals surface area (Å²) in [6.45, 7) is 6.95. The van der Waals surface area contributed by atoms with Gasteiger partial charge in [0.2, 0.25) is 10.0 Å². The molecule has 0 aromatic carbocycles. The first-order valence-electron chi connectivity index (χ1n) is 6.21. The number of hydrogen-bond acceptors (Lipinski definition) is 5. The summed E-state index contributed by atoms with van der Waals surface area (Å²) in [5.41, 5.74) is 0. The Kier molecular flexibility index (Phi) is 9.57. The number of ether oxygens (including phenoxy) is 2. The van der Waals surface area contributed by atoms with Crippen LogP contribution in [0.5, 0.6) is 0 Å². The minimum Gasteiger partial charge on any atom is -0.394 e. The summed E-state index contributed by atoms with van der Waals surface area (Å²) in [6.07, 6.45) is 0. The van der Waals surface area contributed by atoms with Crippen molar-refractivity contribution in [2.45, 2.75) is 26.8 Å². The highest BCUT2D eigenvalue weighted by molar-refractivity contribution is 7.89. The zero-order chi connectivity index (χ0) is 14.0. The number of aliphatic hydroxyl groups is 1. The second kappa shape index (κ2) is 9.69. The first-order chi connectivity index (χ1) is 8.45. The molecule has 0 saturated carbocycles. The van der Waals surface area contributed by atoms with Gasteiger partial charge in [-0.05, 0) is 20.8 Å². The van der Waals surface area contributed by atoms with Crippen molar-refractivity contribution in [3.8, 4) is 0 Å². The van der Waals surface area contributed by atoms with Gasteiger partial charge in [-0.2, -0.15) is 4.31 Å². The standard InChI is InChI=1S/C11H25NO5S/c1-4-16-9-10-18(14,15)12(11(2)3)5-7-17-8-6-13/h11,13H,4-10H2,1-3H3. The minimum atomic E-state index is -3.32. The molecule has 18 heavy (non-hydrogen) atoms. The molecule has 0 heterocycles. The largest absolute Gasteiger partial charge is 0.394 e. The second-order valence-corrected chi connectivity index (χ2v) is 6.09. The maximum atomic E-state index is 12.1. The van der Waals surface area contributed by atoms with Gasteiger partial charge in [-0.25, -0.2) is 8.42 Å². The predicted molar refractivity (Wildman–Crippen MR) is 70.0 cm³/mol. The molecule has 0 aliphatic rings. The van der Waals surface area contributed by atoms with Crippen LogP contribution in [0.2, 0.25) is 0 Å². The van der Waals surface area contributed by atoms with Crippen LogP contribution in [0.15, 0.2) is 0 Å². The van der Waals surface area contributed by atoms with Crippen LogP contribution in [0.3, 0.4) is 0 Å². The van der Waals surface area contributed by atoms with Crippen molar-refractivity contribution in [2.75, 3.05) is 45.3 Å². The van der Waals surface area contributed by atoms with E-state index in [0.717, 1.165) is 0 Å². The van der Waals surface area contributed by atoms with E-state index < -0.39 is 10.0 Å². The molecule has 7 heteroatoms. The van der Waals surface area contributed by atoms with Crippen molar-refractivity contribution in [3.05, 3.63) is 0 Å². The number of rotatable bonds is 11. The Bertz CT molecular complexity index is 292. The summed E-state index contributed by atoms with van der Waals surface area (Å²) in [4.78, 5) is 0. The minimum absolute atomic E-state index is 0.0149. The van der Waals surface area contributed by atoms with Crippen LogP contribution in [0.4, 0.5) is 0 Å². The van der Waals surface area contributed by atoms with Crippen molar-refractivity contribution in [3.63, 3.8) is 0 Å². The number of aliphatic hydroxyl groups excluding tert-OH is 1. The lowest BCUT2D eigenvalue weighted by atomic mass is 10.4. The van der Waals surface area contributed by atoms with Crippen LogP contribution in [0, 0.1) is 0 Å². The van der Waals surface area contributed by atoms with Gasteiger partial charge < -0.3 is 14.6 Å². The Morgan fingerprint density at radius 1 is 1.17 bits per heavy atom. The first-order valence-corrected chi connectivity index (χ1v) is 7.82. The zero-order valence-corrected chi connectivity index (χ0v) is 12.3. The quantitative estimate of drug-likeness (QED) is 0.543. The van der Waals surface area contributed by atoms with Gasteiger partial charge in [-0.15, -0.1) is 0 Å². The van der Waals surface area contributed by atoms with E-state index in [9.17, 15) is 8.42 Å². The normalized spacial score (nSPS) is 12.6. The summed E-state index contributed by atoms with van der Waals surface area (Å²) < 4.78 is 35.7. The van der Waals surface area contributed by atoms with Crippen LogP contribution >= 0.6 is 0 Å². The summed E-state index contributed by atoms with van der Waals surface area (Å²) >= 11 is 0. The molecule has 0 fully saturated rings. The van der Waals surface area contributed by atoms with Gasteiger partial charge in [-0.1, -0.05) is 0 Å². The topological polar surface area (TPSA) is 76.1 Å². The monoisotopic (exact) mass is 283 g/mol. The molecule has 0 amide bonds. The van der Waals surface area contributed by atoms with E-state index in [1.807, 2.05) is 20.8 Å². The molecule has 0 rings (SSSR count). The molecule has 0 aliphatic heterocycles. The fourth-order valence-corrected chi connectivity index (χ4v) is 3.02. The molecule has 0 spiro atoms. The van der Waals surface area contributed by atoms with Crippen LogP contribution < -0.4 is 0 Å². The van der Waals surface area contributed by atoms with Gasteiger partial charge >= 0.3 is 0 Å². The highest BCUT2D eigenvalue weighted by Crippen LogP contribution is 2.07. The van der Waals surface area contributed by atoms with Crippen LogP contribution in [0.25, 0.3) is 0 Å². The third kappa shape index (κ3) is 7.27. The van der Waals surface area contributed by atoms with E-state index in [0.29, 0.717) is 13.2 Å². The lowest BCUT2D eigenvalue weighted by molar-refractivity contribution is 0.0825. The van der Waals surface area contributed by atoms with E-state index in [1.54, 1.807) is 0 Å². The van der Waals surface area contributed by atoms with E-state index >= 15 is 0 Å². The molecule has 0 aromatic heterocycles. The average molecular weight is 283 g/mol. The molecule has 0 saturated heterocycles. The van der Waals surface area contributed by atoms with Crippen molar-refractivity contribution in [1.29, 1.82) is 0 Å². The van der Waals surface area contributed by atoms with Crippen molar-refractivity contribution < 1.29 is 23.0 Å². The smallest absolute Gasteiger partial charge is 0.216 e. The van der Waals surface area contributed by atoms with Gasteiger partial charge in [-0.3, -0.25) is 0 Å². The highest BCUT2D eigenvalue weighted by Gasteiger charge is 2.24. The van der Waals surface area contributed by atoms with E-state index in [2.05, 4.69) is 0 Å². The molecule has 110 valence electrons. The lowest BCUT2D eigenvalue weighted by Crippen LogP contribution is -2.41. The third-order valence-corrected chi connectivity index (χ3v) is 4.32. The van der Waals surface area contributed by atoms with Crippen molar-refractivity contribution in [2.24, 2.45) is 0 Å². The molecule has 0 aliphatic carbocycles. The molecule has 1 N–H and O–H groups in total.